The van der Waals surface area contributed by atoms with E-state index in [0.29, 0.717) is 12.3 Å². The Bertz CT molecular complexity index is 305. The predicted molar refractivity (Wildman–Crippen MR) is 60.0 cm³/mol. The molecular weight excluding hydrogens is 172 g/mol. The van der Waals surface area contributed by atoms with Gasteiger partial charge in [-0.05, 0) is 18.4 Å². The Morgan fingerprint density at radius 3 is 2.71 bits per heavy atom. The molecule has 0 fully saturated rings. The Morgan fingerprint density at radius 1 is 1.57 bits per heavy atom. The fourth-order valence-electron chi connectivity index (χ4n) is 2.17. The molecular formula is C13H18O. The van der Waals surface area contributed by atoms with Crippen molar-refractivity contribution in [2.75, 3.05) is 0 Å². The van der Waals surface area contributed by atoms with E-state index in [4.69, 9.17) is 0 Å². The summed E-state index contributed by atoms with van der Waals surface area (Å²) >= 11 is 0. The summed E-state index contributed by atoms with van der Waals surface area (Å²) in [6.45, 7) is 9.96. The zero-order valence-corrected chi connectivity index (χ0v) is 9.21. The standard InChI is InChI=1S/C13H18O/c1-5-6-7-12-10(2)8-11(14)9-13(12,3)4/h5-8,12H,1,9H2,2-4H3. The molecule has 0 aromatic rings. The molecule has 1 nitrogen and oxygen atoms in total. The molecule has 0 N–H and O–H groups in total. The molecule has 0 aromatic heterocycles. The Hall–Kier alpha value is -1.11. The van der Waals surface area contributed by atoms with Gasteiger partial charge in [0.1, 0.15) is 0 Å². The minimum absolute atomic E-state index is 0.0371. The fraction of sp³-hybridized carbons (Fsp3) is 0.462. The van der Waals surface area contributed by atoms with Crippen molar-refractivity contribution in [3.05, 3.63) is 36.5 Å². The van der Waals surface area contributed by atoms with Crippen LogP contribution >= 0.6 is 0 Å². The maximum absolute atomic E-state index is 11.4. The van der Waals surface area contributed by atoms with Gasteiger partial charge in [0.05, 0.1) is 0 Å². The van der Waals surface area contributed by atoms with Gasteiger partial charge in [-0.3, -0.25) is 4.79 Å². The molecule has 0 aliphatic heterocycles. The average molecular weight is 190 g/mol. The third-order valence-electron chi connectivity index (χ3n) is 2.79. The van der Waals surface area contributed by atoms with Crippen molar-refractivity contribution in [3.8, 4) is 0 Å². The number of allylic oxidation sites excluding steroid dienone is 5. The van der Waals surface area contributed by atoms with E-state index in [1.54, 1.807) is 12.2 Å². The lowest BCUT2D eigenvalue weighted by atomic mass is 9.68. The second-order valence-corrected chi connectivity index (χ2v) is 4.62. The molecule has 0 aromatic carbocycles. The quantitative estimate of drug-likeness (QED) is 0.611. The smallest absolute Gasteiger partial charge is 0.156 e. The highest BCUT2D eigenvalue weighted by atomic mass is 16.1. The molecule has 1 aliphatic carbocycles. The largest absolute Gasteiger partial charge is 0.295 e. The van der Waals surface area contributed by atoms with Crippen molar-refractivity contribution in [1.29, 1.82) is 0 Å². The van der Waals surface area contributed by atoms with Crippen molar-refractivity contribution >= 4 is 5.78 Å². The molecule has 14 heavy (non-hydrogen) atoms. The van der Waals surface area contributed by atoms with E-state index in [0.717, 1.165) is 5.57 Å². The van der Waals surface area contributed by atoms with Crippen LogP contribution in [0.2, 0.25) is 0 Å². The number of carbonyl (C=O) groups excluding carboxylic acids is 1. The van der Waals surface area contributed by atoms with Crippen molar-refractivity contribution in [2.45, 2.75) is 27.2 Å². The van der Waals surface area contributed by atoms with Gasteiger partial charge in [-0.1, -0.05) is 44.2 Å². The van der Waals surface area contributed by atoms with E-state index in [1.807, 2.05) is 13.0 Å². The van der Waals surface area contributed by atoms with E-state index < -0.39 is 0 Å². The Labute approximate surface area is 86.2 Å². The topological polar surface area (TPSA) is 17.1 Å². The number of ketones is 1. The maximum atomic E-state index is 11.4. The van der Waals surface area contributed by atoms with Gasteiger partial charge in [-0.15, -0.1) is 0 Å². The highest BCUT2D eigenvalue weighted by Crippen LogP contribution is 2.40. The van der Waals surface area contributed by atoms with Crippen LogP contribution in [0.4, 0.5) is 0 Å². The molecule has 0 amide bonds. The first kappa shape index (κ1) is 11.0. The van der Waals surface area contributed by atoms with Crippen LogP contribution in [0.1, 0.15) is 27.2 Å². The lowest BCUT2D eigenvalue weighted by molar-refractivity contribution is -0.117. The molecule has 0 bridgehead atoms. The SMILES string of the molecule is C=CC=CC1C(C)=CC(=O)CC1(C)C. The summed E-state index contributed by atoms with van der Waals surface area (Å²) in [5.41, 5.74) is 1.19. The molecule has 76 valence electrons. The first-order chi connectivity index (χ1) is 6.47. The van der Waals surface area contributed by atoms with Crippen LogP contribution < -0.4 is 0 Å². The van der Waals surface area contributed by atoms with E-state index in [1.165, 1.54) is 0 Å². The van der Waals surface area contributed by atoms with Gasteiger partial charge in [0.2, 0.25) is 0 Å². The van der Waals surface area contributed by atoms with E-state index in [-0.39, 0.29) is 11.2 Å². The molecule has 1 rings (SSSR count). The van der Waals surface area contributed by atoms with Crippen molar-refractivity contribution < 1.29 is 4.79 Å². The Morgan fingerprint density at radius 2 is 2.21 bits per heavy atom. The van der Waals surface area contributed by atoms with E-state index in [9.17, 15) is 4.79 Å². The molecule has 0 saturated carbocycles. The lowest BCUT2D eigenvalue weighted by Crippen LogP contribution is -2.30. The summed E-state index contributed by atoms with van der Waals surface area (Å²) < 4.78 is 0. The van der Waals surface area contributed by atoms with E-state index >= 15 is 0 Å². The highest BCUT2D eigenvalue weighted by molar-refractivity contribution is 5.92. The number of hydrogen-bond donors (Lipinski definition) is 0. The first-order valence-corrected chi connectivity index (χ1v) is 4.97. The third kappa shape index (κ3) is 2.22. The summed E-state index contributed by atoms with van der Waals surface area (Å²) in [6.07, 6.45) is 8.27. The molecule has 1 unspecified atom stereocenters. The second kappa shape index (κ2) is 3.95. The van der Waals surface area contributed by atoms with Gasteiger partial charge < -0.3 is 0 Å². The van der Waals surface area contributed by atoms with E-state index in [2.05, 4.69) is 26.5 Å². The zero-order chi connectivity index (χ0) is 10.8. The summed E-state index contributed by atoms with van der Waals surface area (Å²) in [6, 6.07) is 0. The number of rotatable bonds is 2. The van der Waals surface area contributed by atoms with Crippen molar-refractivity contribution in [3.63, 3.8) is 0 Å². The van der Waals surface area contributed by atoms with Crippen LogP contribution in [0, 0.1) is 11.3 Å². The van der Waals surface area contributed by atoms with Gasteiger partial charge >= 0.3 is 0 Å². The molecule has 0 heterocycles. The Kier molecular flexibility index (Phi) is 3.10. The predicted octanol–water partition coefficient (Wildman–Crippen LogP) is 3.29. The van der Waals surface area contributed by atoms with Gasteiger partial charge in [0.25, 0.3) is 0 Å². The van der Waals surface area contributed by atoms with Crippen LogP contribution in [0.15, 0.2) is 36.5 Å². The molecule has 1 aliphatic rings. The third-order valence-corrected chi connectivity index (χ3v) is 2.79. The summed E-state index contributed by atoms with van der Waals surface area (Å²) in [7, 11) is 0. The molecule has 0 spiro atoms. The van der Waals surface area contributed by atoms with Crippen LogP contribution in [-0.2, 0) is 4.79 Å². The monoisotopic (exact) mass is 190 g/mol. The summed E-state index contributed by atoms with van der Waals surface area (Å²) in [4.78, 5) is 11.4. The average Bonchev–Trinajstić information content (AvgIpc) is 2.00. The fourth-order valence-corrected chi connectivity index (χ4v) is 2.17. The molecule has 0 radical (unpaired) electrons. The number of hydrogen-bond acceptors (Lipinski definition) is 1. The lowest BCUT2D eigenvalue weighted by Gasteiger charge is -2.35. The summed E-state index contributed by atoms with van der Waals surface area (Å²) in [5.74, 6) is 0.606. The molecule has 0 saturated heterocycles. The molecule has 1 atom stereocenters. The van der Waals surface area contributed by atoms with Crippen LogP contribution in [-0.4, -0.2) is 5.78 Å². The van der Waals surface area contributed by atoms with Gasteiger partial charge in [0.15, 0.2) is 5.78 Å². The second-order valence-electron chi connectivity index (χ2n) is 4.62. The molecule has 1 heteroatoms. The minimum Gasteiger partial charge on any atom is -0.295 e. The number of carbonyl (C=O) groups is 1. The van der Waals surface area contributed by atoms with Gasteiger partial charge in [0, 0.05) is 12.3 Å². The van der Waals surface area contributed by atoms with Crippen LogP contribution in [0.3, 0.4) is 0 Å². The van der Waals surface area contributed by atoms with Crippen LogP contribution in [0.5, 0.6) is 0 Å². The minimum atomic E-state index is 0.0371. The normalized spacial score (nSPS) is 26.4. The van der Waals surface area contributed by atoms with Crippen LogP contribution in [0.25, 0.3) is 0 Å². The zero-order valence-electron chi connectivity index (χ0n) is 9.21. The maximum Gasteiger partial charge on any atom is 0.156 e. The van der Waals surface area contributed by atoms with Crippen molar-refractivity contribution in [1.82, 2.24) is 0 Å². The summed E-state index contributed by atoms with van der Waals surface area (Å²) in [5, 5.41) is 0. The van der Waals surface area contributed by atoms with Gasteiger partial charge in [-0.2, -0.15) is 0 Å². The highest BCUT2D eigenvalue weighted by Gasteiger charge is 2.34. The Balaban J connectivity index is 3.00. The van der Waals surface area contributed by atoms with Gasteiger partial charge in [-0.25, -0.2) is 0 Å². The van der Waals surface area contributed by atoms with Crippen molar-refractivity contribution in [2.24, 2.45) is 11.3 Å². The first-order valence-electron chi connectivity index (χ1n) is 4.97.